The average molecular weight is 351 g/mol. The van der Waals surface area contributed by atoms with Crippen LogP contribution < -0.4 is 0 Å². The molecule has 140 valence electrons. The van der Waals surface area contributed by atoms with Crippen molar-refractivity contribution in [2.24, 2.45) is 5.92 Å². The van der Waals surface area contributed by atoms with Gasteiger partial charge in [-0.05, 0) is 49.7 Å². The van der Waals surface area contributed by atoms with Crippen LogP contribution in [0.1, 0.15) is 85.5 Å². The Balaban J connectivity index is 2.67. The molecule has 1 rings (SSSR count). The molecule has 1 fully saturated rings. The molecule has 0 radical (unpaired) electrons. The molecule has 24 heavy (non-hydrogen) atoms. The monoisotopic (exact) mass is 350 g/mol. The standard InChI is InChI=1S/C22H42OSi/c1-7-8-9-10-11-12-16-19-21(20-17-14-13-15-18-20)23-24(5,6)22(2,3)4/h11-12,16,19-21H,7-10,13-15,17-18H2,1-6H3/b12-11+,19-16-. The lowest BCUT2D eigenvalue weighted by Crippen LogP contribution is -2.45. The maximum atomic E-state index is 6.81. The number of allylic oxidation sites excluding steroid dienone is 3. The number of hydrogen-bond acceptors (Lipinski definition) is 1. The van der Waals surface area contributed by atoms with E-state index in [2.05, 4.69) is 65.1 Å². The zero-order valence-corrected chi connectivity index (χ0v) is 18.2. The Labute approximate surface area is 153 Å². The van der Waals surface area contributed by atoms with Crippen molar-refractivity contribution >= 4 is 8.32 Å². The first kappa shape index (κ1) is 21.7. The molecule has 0 heterocycles. The summed E-state index contributed by atoms with van der Waals surface area (Å²) < 4.78 is 6.81. The summed E-state index contributed by atoms with van der Waals surface area (Å²) >= 11 is 0. The normalized spacial score (nSPS) is 19.4. The zero-order chi connectivity index (χ0) is 18.1. The Morgan fingerprint density at radius 3 is 2.29 bits per heavy atom. The van der Waals surface area contributed by atoms with Gasteiger partial charge in [-0.2, -0.15) is 0 Å². The fourth-order valence-corrected chi connectivity index (χ4v) is 4.44. The molecule has 1 nitrogen and oxygen atoms in total. The highest BCUT2D eigenvalue weighted by atomic mass is 28.4. The number of unbranched alkanes of at least 4 members (excludes halogenated alkanes) is 3. The third-order valence-electron chi connectivity index (χ3n) is 5.87. The molecule has 0 aromatic carbocycles. The Morgan fingerprint density at radius 1 is 1.04 bits per heavy atom. The minimum Gasteiger partial charge on any atom is -0.410 e. The zero-order valence-electron chi connectivity index (χ0n) is 17.2. The summed E-state index contributed by atoms with van der Waals surface area (Å²) in [6.45, 7) is 14.1. The predicted octanol–water partition coefficient (Wildman–Crippen LogP) is 7.65. The van der Waals surface area contributed by atoms with E-state index >= 15 is 0 Å². The van der Waals surface area contributed by atoms with Gasteiger partial charge in [-0.1, -0.05) is 84.1 Å². The summed E-state index contributed by atoms with van der Waals surface area (Å²) in [5.74, 6) is 0.720. The molecule has 1 saturated carbocycles. The molecule has 0 aromatic heterocycles. The predicted molar refractivity (Wildman–Crippen MR) is 111 cm³/mol. The largest absolute Gasteiger partial charge is 0.410 e. The summed E-state index contributed by atoms with van der Waals surface area (Å²) in [5.41, 5.74) is 0. The molecular formula is C22H42OSi. The molecular weight excluding hydrogens is 308 g/mol. The Morgan fingerprint density at radius 2 is 1.71 bits per heavy atom. The molecule has 1 atom stereocenters. The first-order valence-electron chi connectivity index (χ1n) is 10.3. The highest BCUT2D eigenvalue weighted by Gasteiger charge is 2.40. The quantitative estimate of drug-likeness (QED) is 0.236. The second-order valence-corrected chi connectivity index (χ2v) is 13.8. The first-order valence-corrected chi connectivity index (χ1v) is 13.2. The van der Waals surface area contributed by atoms with Crippen LogP contribution in [-0.4, -0.2) is 14.4 Å². The van der Waals surface area contributed by atoms with Gasteiger partial charge in [-0.3, -0.25) is 0 Å². The van der Waals surface area contributed by atoms with E-state index in [0.29, 0.717) is 6.10 Å². The van der Waals surface area contributed by atoms with Crippen molar-refractivity contribution in [2.45, 2.75) is 110 Å². The van der Waals surface area contributed by atoms with E-state index in [0.717, 1.165) is 5.92 Å². The lowest BCUT2D eigenvalue weighted by Gasteiger charge is -2.41. The molecule has 0 N–H and O–H groups in total. The molecule has 0 aliphatic heterocycles. The van der Waals surface area contributed by atoms with Crippen molar-refractivity contribution in [3.63, 3.8) is 0 Å². The van der Waals surface area contributed by atoms with Crippen LogP contribution >= 0.6 is 0 Å². The Kier molecular flexibility index (Phi) is 9.59. The summed E-state index contributed by atoms with van der Waals surface area (Å²) in [6.07, 6.45) is 21.5. The van der Waals surface area contributed by atoms with Crippen LogP contribution in [0.3, 0.4) is 0 Å². The molecule has 1 unspecified atom stereocenters. The molecule has 1 aliphatic rings. The van der Waals surface area contributed by atoms with E-state index in [4.69, 9.17) is 4.43 Å². The first-order chi connectivity index (χ1) is 11.3. The van der Waals surface area contributed by atoms with Gasteiger partial charge < -0.3 is 4.43 Å². The average Bonchev–Trinajstić information content (AvgIpc) is 2.52. The van der Waals surface area contributed by atoms with E-state index in [-0.39, 0.29) is 5.04 Å². The van der Waals surface area contributed by atoms with Crippen molar-refractivity contribution in [1.82, 2.24) is 0 Å². The van der Waals surface area contributed by atoms with E-state index < -0.39 is 8.32 Å². The highest BCUT2D eigenvalue weighted by molar-refractivity contribution is 6.74. The third-order valence-corrected chi connectivity index (χ3v) is 10.3. The van der Waals surface area contributed by atoms with Crippen LogP contribution in [0.15, 0.2) is 24.3 Å². The van der Waals surface area contributed by atoms with Gasteiger partial charge in [0.25, 0.3) is 0 Å². The smallest absolute Gasteiger partial charge is 0.192 e. The second kappa shape index (κ2) is 10.6. The van der Waals surface area contributed by atoms with E-state index in [9.17, 15) is 0 Å². The minimum atomic E-state index is -1.71. The van der Waals surface area contributed by atoms with Crippen molar-refractivity contribution in [1.29, 1.82) is 0 Å². The lowest BCUT2D eigenvalue weighted by atomic mass is 9.85. The molecule has 0 aromatic rings. The van der Waals surface area contributed by atoms with E-state index in [1.807, 2.05) is 0 Å². The van der Waals surface area contributed by atoms with Crippen molar-refractivity contribution < 1.29 is 4.43 Å². The maximum absolute atomic E-state index is 6.81. The summed E-state index contributed by atoms with van der Waals surface area (Å²) in [6, 6.07) is 0. The summed E-state index contributed by atoms with van der Waals surface area (Å²) in [4.78, 5) is 0. The minimum absolute atomic E-state index is 0.281. The van der Waals surface area contributed by atoms with Crippen LogP contribution in [0.4, 0.5) is 0 Å². The molecule has 0 amide bonds. The third kappa shape index (κ3) is 7.69. The maximum Gasteiger partial charge on any atom is 0.192 e. The van der Waals surface area contributed by atoms with Crippen LogP contribution in [0.25, 0.3) is 0 Å². The van der Waals surface area contributed by atoms with Gasteiger partial charge in [-0.25, -0.2) is 0 Å². The van der Waals surface area contributed by atoms with E-state index in [1.54, 1.807) is 0 Å². The molecule has 0 spiro atoms. The lowest BCUT2D eigenvalue weighted by molar-refractivity contribution is 0.132. The fraction of sp³-hybridized carbons (Fsp3) is 0.818. The van der Waals surface area contributed by atoms with Crippen LogP contribution in [0.5, 0.6) is 0 Å². The van der Waals surface area contributed by atoms with Gasteiger partial charge in [0.1, 0.15) is 0 Å². The van der Waals surface area contributed by atoms with Crippen LogP contribution in [0, 0.1) is 5.92 Å². The Bertz CT molecular complexity index is 383. The Hall–Kier alpha value is -0.343. The molecule has 2 heteroatoms. The van der Waals surface area contributed by atoms with Crippen molar-refractivity contribution in [2.75, 3.05) is 0 Å². The second-order valence-electron chi connectivity index (χ2n) is 9.05. The highest BCUT2D eigenvalue weighted by Crippen LogP contribution is 2.40. The molecule has 0 bridgehead atoms. The van der Waals surface area contributed by atoms with Crippen molar-refractivity contribution in [3.8, 4) is 0 Å². The van der Waals surface area contributed by atoms with Crippen molar-refractivity contribution in [3.05, 3.63) is 24.3 Å². The van der Waals surface area contributed by atoms with Crippen LogP contribution in [-0.2, 0) is 4.43 Å². The SMILES string of the molecule is CCCCC/C=C/C=C\C(O[Si](C)(C)C(C)(C)C)C1CCCCC1. The van der Waals surface area contributed by atoms with Gasteiger partial charge in [0, 0.05) is 0 Å². The summed E-state index contributed by atoms with van der Waals surface area (Å²) in [7, 11) is -1.71. The van der Waals surface area contributed by atoms with Gasteiger partial charge in [-0.15, -0.1) is 0 Å². The fourth-order valence-electron chi connectivity index (χ4n) is 3.13. The van der Waals surface area contributed by atoms with Gasteiger partial charge in [0.2, 0.25) is 0 Å². The van der Waals surface area contributed by atoms with Gasteiger partial charge in [0.05, 0.1) is 6.10 Å². The summed E-state index contributed by atoms with van der Waals surface area (Å²) in [5, 5.41) is 0.281. The molecule has 1 aliphatic carbocycles. The topological polar surface area (TPSA) is 9.23 Å². The van der Waals surface area contributed by atoms with Crippen LogP contribution in [0.2, 0.25) is 18.1 Å². The van der Waals surface area contributed by atoms with Gasteiger partial charge >= 0.3 is 0 Å². The number of hydrogen-bond donors (Lipinski definition) is 0. The van der Waals surface area contributed by atoms with E-state index in [1.165, 1.54) is 57.8 Å². The molecule has 0 saturated heterocycles. The number of rotatable bonds is 9. The van der Waals surface area contributed by atoms with Gasteiger partial charge in [0.15, 0.2) is 8.32 Å².